The molecule has 16 heavy (non-hydrogen) atoms. The monoisotopic (exact) mass is 249 g/mol. The number of nitro groups is 1. The van der Waals surface area contributed by atoms with Gasteiger partial charge < -0.3 is 11.5 Å². The molecule has 0 aliphatic rings. The van der Waals surface area contributed by atoms with Crippen molar-refractivity contribution in [3.05, 3.63) is 39.7 Å². The molecule has 5 nitrogen and oxygen atoms in total. The first-order valence-corrected chi connectivity index (χ1v) is 4.45. The van der Waals surface area contributed by atoms with Crippen molar-refractivity contribution in [2.45, 2.75) is 12.5 Å². The van der Waals surface area contributed by atoms with Crippen LogP contribution in [0.1, 0.15) is 18.0 Å². The van der Waals surface area contributed by atoms with Gasteiger partial charge in [-0.05, 0) is 24.6 Å². The molecule has 0 aliphatic heterocycles. The predicted molar refractivity (Wildman–Crippen MR) is 60.9 cm³/mol. The van der Waals surface area contributed by atoms with E-state index in [0.29, 0.717) is 18.5 Å². The SMILES string of the molecule is Cl.NCC[C@@H](N)c1ccc(F)c([N+](=O)[O-])c1. The highest BCUT2D eigenvalue weighted by atomic mass is 35.5. The van der Waals surface area contributed by atoms with Crippen molar-refractivity contribution < 1.29 is 9.31 Å². The molecule has 0 saturated heterocycles. The second kappa shape index (κ2) is 6.37. The quantitative estimate of drug-likeness (QED) is 0.624. The number of nitro benzene ring substituents is 1. The van der Waals surface area contributed by atoms with Crippen LogP contribution >= 0.6 is 12.4 Å². The van der Waals surface area contributed by atoms with Crippen molar-refractivity contribution in [2.75, 3.05) is 6.54 Å². The summed E-state index contributed by atoms with van der Waals surface area (Å²) in [7, 11) is 0. The van der Waals surface area contributed by atoms with Crippen molar-refractivity contribution in [3.63, 3.8) is 0 Å². The Bertz CT molecular complexity index is 376. The molecular weight excluding hydrogens is 237 g/mol. The van der Waals surface area contributed by atoms with Gasteiger partial charge in [-0.15, -0.1) is 12.4 Å². The van der Waals surface area contributed by atoms with Gasteiger partial charge in [0.15, 0.2) is 0 Å². The van der Waals surface area contributed by atoms with E-state index in [0.717, 1.165) is 12.1 Å². The third-order valence-electron chi connectivity index (χ3n) is 2.07. The molecule has 0 amide bonds. The van der Waals surface area contributed by atoms with Crippen molar-refractivity contribution >= 4 is 18.1 Å². The minimum atomic E-state index is -0.858. The molecule has 1 atom stereocenters. The van der Waals surface area contributed by atoms with Gasteiger partial charge in [0.25, 0.3) is 0 Å². The number of benzene rings is 1. The summed E-state index contributed by atoms with van der Waals surface area (Å²) in [5.74, 6) is -0.858. The second-order valence-electron chi connectivity index (χ2n) is 3.15. The summed E-state index contributed by atoms with van der Waals surface area (Å²) in [5.41, 5.74) is 11.0. The number of halogens is 2. The van der Waals surface area contributed by atoms with Crippen LogP contribution in [-0.2, 0) is 0 Å². The number of nitrogens with zero attached hydrogens (tertiary/aromatic N) is 1. The third-order valence-corrected chi connectivity index (χ3v) is 2.07. The zero-order valence-corrected chi connectivity index (χ0v) is 9.24. The lowest BCUT2D eigenvalue weighted by atomic mass is 10.0. The van der Waals surface area contributed by atoms with Gasteiger partial charge >= 0.3 is 5.69 Å². The van der Waals surface area contributed by atoms with E-state index in [1.54, 1.807) is 0 Å². The number of hydrogen-bond acceptors (Lipinski definition) is 4. The van der Waals surface area contributed by atoms with E-state index in [1.165, 1.54) is 6.07 Å². The third kappa shape index (κ3) is 3.41. The Labute approximate surface area is 98.2 Å². The predicted octanol–water partition coefficient (Wildman–Crippen LogP) is 1.50. The highest BCUT2D eigenvalue weighted by Gasteiger charge is 2.16. The van der Waals surface area contributed by atoms with E-state index in [1.807, 2.05) is 0 Å². The Kier molecular flexibility index (Phi) is 5.87. The molecule has 0 bridgehead atoms. The summed E-state index contributed by atoms with van der Waals surface area (Å²) >= 11 is 0. The Morgan fingerprint density at radius 3 is 2.62 bits per heavy atom. The Morgan fingerprint density at radius 1 is 1.50 bits per heavy atom. The Hall–Kier alpha value is -1.24. The summed E-state index contributed by atoms with van der Waals surface area (Å²) in [6.45, 7) is 0.381. The van der Waals surface area contributed by atoms with Crippen molar-refractivity contribution in [3.8, 4) is 0 Å². The average molecular weight is 250 g/mol. The normalized spacial score (nSPS) is 11.7. The van der Waals surface area contributed by atoms with E-state index in [2.05, 4.69) is 0 Å². The molecule has 0 aliphatic carbocycles. The van der Waals surface area contributed by atoms with Crippen LogP contribution in [0, 0.1) is 15.9 Å². The molecule has 0 aromatic heterocycles. The van der Waals surface area contributed by atoms with Gasteiger partial charge in [0.2, 0.25) is 5.82 Å². The van der Waals surface area contributed by atoms with Gasteiger partial charge in [-0.1, -0.05) is 6.07 Å². The average Bonchev–Trinajstić information content (AvgIpc) is 2.18. The van der Waals surface area contributed by atoms with E-state index >= 15 is 0 Å². The summed E-state index contributed by atoms with van der Waals surface area (Å²) in [5, 5.41) is 10.5. The molecule has 0 heterocycles. The van der Waals surface area contributed by atoms with Crippen LogP contribution < -0.4 is 11.5 Å². The summed E-state index contributed by atoms with van der Waals surface area (Å²) in [4.78, 5) is 9.68. The molecule has 0 fully saturated rings. The molecule has 1 aromatic rings. The van der Waals surface area contributed by atoms with Crippen molar-refractivity contribution in [1.29, 1.82) is 0 Å². The fourth-order valence-electron chi connectivity index (χ4n) is 1.25. The molecular formula is C9H13ClFN3O2. The fourth-order valence-corrected chi connectivity index (χ4v) is 1.25. The Balaban J connectivity index is 0.00000225. The maximum atomic E-state index is 13.0. The smallest absolute Gasteiger partial charge is 0.305 e. The first kappa shape index (κ1) is 14.8. The second-order valence-corrected chi connectivity index (χ2v) is 3.15. The van der Waals surface area contributed by atoms with E-state index in [-0.39, 0.29) is 12.4 Å². The largest absolute Gasteiger partial charge is 0.330 e. The van der Waals surface area contributed by atoms with Crippen LogP contribution in [0.15, 0.2) is 18.2 Å². The molecule has 1 rings (SSSR count). The number of rotatable bonds is 4. The first-order chi connectivity index (χ1) is 7.06. The van der Waals surface area contributed by atoms with Gasteiger partial charge in [-0.25, -0.2) is 0 Å². The maximum Gasteiger partial charge on any atom is 0.305 e. The summed E-state index contributed by atoms with van der Waals surface area (Å²) in [6.07, 6.45) is 0.503. The standard InChI is InChI=1S/C9H12FN3O2.ClH/c10-7-2-1-6(8(12)3-4-11)5-9(7)13(14)15;/h1-2,5,8H,3-4,11-12H2;1H/t8-;/m1./s1. The lowest BCUT2D eigenvalue weighted by molar-refractivity contribution is -0.387. The zero-order valence-electron chi connectivity index (χ0n) is 8.43. The van der Waals surface area contributed by atoms with Crippen LogP contribution in [0.25, 0.3) is 0 Å². The number of hydrogen-bond donors (Lipinski definition) is 2. The minimum Gasteiger partial charge on any atom is -0.330 e. The van der Waals surface area contributed by atoms with Crippen LogP contribution in [0.2, 0.25) is 0 Å². The topological polar surface area (TPSA) is 95.2 Å². The molecule has 0 saturated carbocycles. The lowest BCUT2D eigenvalue weighted by Crippen LogP contribution is -2.15. The summed E-state index contributed by atoms with van der Waals surface area (Å²) in [6, 6.07) is 3.23. The van der Waals surface area contributed by atoms with Gasteiger partial charge in [-0.2, -0.15) is 4.39 Å². The highest BCUT2D eigenvalue weighted by Crippen LogP contribution is 2.22. The van der Waals surface area contributed by atoms with Gasteiger partial charge in [0.05, 0.1) is 4.92 Å². The molecule has 1 aromatic carbocycles. The van der Waals surface area contributed by atoms with Crippen LogP contribution in [0.4, 0.5) is 10.1 Å². The maximum absolute atomic E-state index is 13.0. The van der Waals surface area contributed by atoms with Gasteiger partial charge in [0, 0.05) is 12.1 Å². The molecule has 0 spiro atoms. The molecule has 4 N–H and O–H groups in total. The van der Waals surface area contributed by atoms with Crippen LogP contribution in [0.3, 0.4) is 0 Å². The lowest BCUT2D eigenvalue weighted by Gasteiger charge is -2.10. The molecule has 90 valence electrons. The van der Waals surface area contributed by atoms with Crippen molar-refractivity contribution in [1.82, 2.24) is 0 Å². The van der Waals surface area contributed by atoms with E-state index in [4.69, 9.17) is 11.5 Å². The van der Waals surface area contributed by atoms with E-state index < -0.39 is 22.5 Å². The minimum absolute atomic E-state index is 0. The first-order valence-electron chi connectivity index (χ1n) is 4.45. The van der Waals surface area contributed by atoms with Crippen LogP contribution in [-0.4, -0.2) is 11.5 Å². The van der Waals surface area contributed by atoms with Crippen LogP contribution in [0.5, 0.6) is 0 Å². The van der Waals surface area contributed by atoms with Gasteiger partial charge in [-0.3, -0.25) is 10.1 Å². The molecule has 0 unspecified atom stereocenters. The fraction of sp³-hybridized carbons (Fsp3) is 0.333. The highest BCUT2D eigenvalue weighted by molar-refractivity contribution is 5.85. The van der Waals surface area contributed by atoms with Crippen molar-refractivity contribution in [2.24, 2.45) is 11.5 Å². The van der Waals surface area contributed by atoms with Gasteiger partial charge in [0.1, 0.15) is 0 Å². The van der Waals surface area contributed by atoms with E-state index in [9.17, 15) is 14.5 Å². The Morgan fingerprint density at radius 2 is 2.12 bits per heavy atom. The molecule has 7 heteroatoms. The summed E-state index contributed by atoms with van der Waals surface area (Å²) < 4.78 is 13.0. The number of nitrogens with two attached hydrogens (primary N) is 2. The zero-order chi connectivity index (χ0) is 11.4. The molecule has 0 radical (unpaired) electrons.